The van der Waals surface area contributed by atoms with E-state index >= 15 is 0 Å². The lowest BCUT2D eigenvalue weighted by atomic mass is 10.2. The number of rotatable bonds is 10. The molecule has 0 saturated carbocycles. The quantitative estimate of drug-likeness (QED) is 0.422. The maximum atomic E-state index is 4.49. The SMILES string of the molecule is CC(C)CN(CC(C)C)/N=N/N(CC(C)C)CC(C)C.Cl. The molecule has 0 saturated heterocycles. The van der Waals surface area contributed by atoms with Crippen LogP contribution in [-0.2, 0) is 0 Å². The van der Waals surface area contributed by atoms with Gasteiger partial charge in [0.05, 0.1) is 0 Å². The van der Waals surface area contributed by atoms with Crippen molar-refractivity contribution in [1.29, 1.82) is 0 Å². The summed E-state index contributed by atoms with van der Waals surface area (Å²) in [6, 6.07) is 0. The van der Waals surface area contributed by atoms with Crippen LogP contribution in [0, 0.1) is 23.7 Å². The highest BCUT2D eigenvalue weighted by Crippen LogP contribution is 2.08. The van der Waals surface area contributed by atoms with Gasteiger partial charge in [-0.05, 0) is 23.7 Å². The lowest BCUT2D eigenvalue weighted by molar-refractivity contribution is 0.152. The topological polar surface area (TPSA) is 31.2 Å². The molecule has 0 spiro atoms. The van der Waals surface area contributed by atoms with Gasteiger partial charge in [0.25, 0.3) is 0 Å². The smallest absolute Gasteiger partial charge is 0.0401 e. The zero-order chi connectivity index (χ0) is 15.7. The van der Waals surface area contributed by atoms with E-state index in [1.165, 1.54) is 0 Å². The van der Waals surface area contributed by atoms with E-state index in [0.717, 1.165) is 26.2 Å². The lowest BCUT2D eigenvalue weighted by Crippen LogP contribution is -2.29. The van der Waals surface area contributed by atoms with Crippen LogP contribution in [0.25, 0.3) is 0 Å². The molecule has 0 unspecified atom stereocenters. The van der Waals surface area contributed by atoms with Crippen molar-refractivity contribution in [2.45, 2.75) is 55.4 Å². The second kappa shape index (κ2) is 12.1. The number of nitrogens with zero attached hydrogens (tertiary/aromatic N) is 4. The number of halogens is 1. The summed E-state index contributed by atoms with van der Waals surface area (Å²) in [5.41, 5.74) is 0. The van der Waals surface area contributed by atoms with Crippen molar-refractivity contribution >= 4 is 12.4 Å². The summed E-state index contributed by atoms with van der Waals surface area (Å²) in [6.45, 7) is 21.7. The Bertz CT molecular complexity index is 219. The van der Waals surface area contributed by atoms with Crippen LogP contribution in [0.3, 0.4) is 0 Å². The molecule has 0 aromatic rings. The summed E-state index contributed by atoms with van der Waals surface area (Å²) in [5.74, 6) is 2.43. The second-order valence-corrected chi connectivity index (χ2v) is 7.50. The number of hydrogen-bond donors (Lipinski definition) is 0. The average molecular weight is 321 g/mol. The van der Waals surface area contributed by atoms with Crippen LogP contribution in [0.5, 0.6) is 0 Å². The third kappa shape index (κ3) is 14.2. The Hall–Kier alpha value is -0.510. The van der Waals surface area contributed by atoms with Gasteiger partial charge < -0.3 is 0 Å². The molecule has 0 heterocycles. The van der Waals surface area contributed by atoms with Gasteiger partial charge in [-0.2, -0.15) is 0 Å². The van der Waals surface area contributed by atoms with E-state index in [9.17, 15) is 0 Å². The molecule has 0 rings (SSSR count). The molecule has 0 radical (unpaired) electrons. The monoisotopic (exact) mass is 320 g/mol. The Kier molecular flexibility index (Phi) is 13.1. The minimum absolute atomic E-state index is 0. The third-order valence-electron chi connectivity index (χ3n) is 2.60. The van der Waals surface area contributed by atoms with Crippen LogP contribution in [0.1, 0.15) is 55.4 Å². The van der Waals surface area contributed by atoms with E-state index in [0.29, 0.717) is 23.7 Å². The molecule has 0 aromatic heterocycles. The van der Waals surface area contributed by atoms with Gasteiger partial charge in [-0.25, -0.2) is 0 Å². The average Bonchev–Trinajstić information content (AvgIpc) is 2.22. The lowest BCUT2D eigenvalue weighted by Gasteiger charge is -2.25. The fourth-order valence-electron chi connectivity index (χ4n) is 2.09. The van der Waals surface area contributed by atoms with Crippen molar-refractivity contribution in [3.8, 4) is 0 Å². The second-order valence-electron chi connectivity index (χ2n) is 7.50. The van der Waals surface area contributed by atoms with Gasteiger partial charge in [0, 0.05) is 26.2 Å². The van der Waals surface area contributed by atoms with Gasteiger partial charge >= 0.3 is 0 Å². The van der Waals surface area contributed by atoms with Crippen molar-refractivity contribution < 1.29 is 0 Å². The summed E-state index contributed by atoms with van der Waals surface area (Å²) in [6.07, 6.45) is 0. The molecular formula is C16H37ClN4. The van der Waals surface area contributed by atoms with Gasteiger partial charge in [0.15, 0.2) is 0 Å². The molecule has 21 heavy (non-hydrogen) atoms. The predicted molar refractivity (Wildman–Crippen MR) is 94.6 cm³/mol. The zero-order valence-corrected chi connectivity index (χ0v) is 16.2. The molecule has 0 aliphatic rings. The molecule has 0 bridgehead atoms. The first-order chi connectivity index (χ1) is 9.20. The minimum atomic E-state index is 0. The van der Waals surface area contributed by atoms with Gasteiger partial charge in [0.1, 0.15) is 0 Å². The van der Waals surface area contributed by atoms with E-state index in [1.54, 1.807) is 0 Å². The number of hydrogen-bond acceptors (Lipinski definition) is 2. The zero-order valence-electron chi connectivity index (χ0n) is 15.3. The minimum Gasteiger partial charge on any atom is -0.277 e. The molecule has 0 amide bonds. The first kappa shape index (κ1) is 22.8. The first-order valence-corrected chi connectivity index (χ1v) is 8.12. The summed E-state index contributed by atoms with van der Waals surface area (Å²) in [4.78, 5) is 0. The molecule has 0 atom stereocenters. The summed E-state index contributed by atoms with van der Waals surface area (Å²) < 4.78 is 0. The standard InChI is InChI=1S/C16H36N4.ClH/c1-13(2)9-19(10-14(3)4)17-18-20(11-15(5)6)12-16(7)8;/h13-16H,9-12H2,1-8H3;1H/b18-17+;. The van der Waals surface area contributed by atoms with Crippen LogP contribution in [0.15, 0.2) is 10.4 Å². The Morgan fingerprint density at radius 3 is 0.857 bits per heavy atom. The Morgan fingerprint density at radius 1 is 0.524 bits per heavy atom. The highest BCUT2D eigenvalue weighted by molar-refractivity contribution is 5.85. The van der Waals surface area contributed by atoms with E-state index in [1.807, 2.05) is 0 Å². The maximum Gasteiger partial charge on any atom is 0.0401 e. The predicted octanol–water partition coefficient (Wildman–Crippen LogP) is 4.92. The van der Waals surface area contributed by atoms with E-state index in [-0.39, 0.29) is 12.4 Å². The van der Waals surface area contributed by atoms with Gasteiger partial charge in [-0.3, -0.25) is 10.0 Å². The Balaban J connectivity index is 0. The highest BCUT2D eigenvalue weighted by atomic mass is 35.5. The third-order valence-corrected chi connectivity index (χ3v) is 2.60. The molecule has 0 aliphatic heterocycles. The molecule has 0 aromatic carbocycles. The molecule has 5 heteroatoms. The van der Waals surface area contributed by atoms with Crippen LogP contribution in [0.4, 0.5) is 0 Å². The fraction of sp³-hybridized carbons (Fsp3) is 1.00. The van der Waals surface area contributed by atoms with Gasteiger partial charge in [0.2, 0.25) is 0 Å². The summed E-state index contributed by atoms with van der Waals surface area (Å²) >= 11 is 0. The van der Waals surface area contributed by atoms with Crippen molar-refractivity contribution in [1.82, 2.24) is 10.0 Å². The van der Waals surface area contributed by atoms with Crippen molar-refractivity contribution in [3.63, 3.8) is 0 Å². The maximum absolute atomic E-state index is 4.49. The van der Waals surface area contributed by atoms with Crippen LogP contribution >= 0.6 is 12.4 Å². The van der Waals surface area contributed by atoms with E-state index in [4.69, 9.17) is 0 Å². The van der Waals surface area contributed by atoms with E-state index < -0.39 is 0 Å². The largest absolute Gasteiger partial charge is 0.277 e. The summed E-state index contributed by atoms with van der Waals surface area (Å²) in [5, 5.41) is 13.2. The van der Waals surface area contributed by atoms with Crippen LogP contribution < -0.4 is 0 Å². The summed E-state index contributed by atoms with van der Waals surface area (Å²) in [7, 11) is 0. The van der Waals surface area contributed by atoms with Crippen molar-refractivity contribution in [3.05, 3.63) is 0 Å². The first-order valence-electron chi connectivity index (χ1n) is 8.12. The van der Waals surface area contributed by atoms with Crippen LogP contribution in [0.2, 0.25) is 0 Å². The molecule has 4 nitrogen and oxygen atoms in total. The fourth-order valence-corrected chi connectivity index (χ4v) is 2.09. The molecular weight excluding hydrogens is 284 g/mol. The van der Waals surface area contributed by atoms with Crippen molar-refractivity contribution in [2.24, 2.45) is 34.1 Å². The van der Waals surface area contributed by atoms with Crippen LogP contribution in [-0.4, -0.2) is 36.2 Å². The van der Waals surface area contributed by atoms with Crippen molar-refractivity contribution in [2.75, 3.05) is 26.2 Å². The molecule has 0 aliphatic carbocycles. The molecule has 0 fully saturated rings. The Labute approximate surface area is 138 Å². The molecule has 128 valence electrons. The normalized spacial score (nSPS) is 11.8. The Morgan fingerprint density at radius 2 is 0.714 bits per heavy atom. The van der Waals surface area contributed by atoms with Gasteiger partial charge in [-0.1, -0.05) is 65.8 Å². The van der Waals surface area contributed by atoms with Gasteiger partial charge in [-0.15, -0.1) is 12.4 Å². The molecule has 0 N–H and O–H groups in total. The van der Waals surface area contributed by atoms with E-state index in [2.05, 4.69) is 75.9 Å². The highest BCUT2D eigenvalue weighted by Gasteiger charge is 2.10.